The van der Waals surface area contributed by atoms with Crippen molar-refractivity contribution < 1.29 is 17.6 Å². The van der Waals surface area contributed by atoms with Crippen LogP contribution in [0.2, 0.25) is 0 Å². The van der Waals surface area contributed by atoms with E-state index in [1.807, 2.05) is 6.92 Å². The standard InChI is InChI=1S/C16H21F4N3/c1-9(21)10-6-7-23(8-10)15-12(17)4-5-13(22-11-2-3-11)14(15)16(18,19)20/h4-5,9-11,22H,2-3,6-8,21H2,1H3. The van der Waals surface area contributed by atoms with E-state index in [1.54, 1.807) is 0 Å². The van der Waals surface area contributed by atoms with Gasteiger partial charge < -0.3 is 16.0 Å². The Labute approximate surface area is 132 Å². The van der Waals surface area contributed by atoms with Crippen molar-refractivity contribution in [3.05, 3.63) is 23.5 Å². The molecule has 3 nitrogen and oxygen atoms in total. The number of benzene rings is 1. The van der Waals surface area contributed by atoms with E-state index in [0.29, 0.717) is 19.5 Å². The van der Waals surface area contributed by atoms with Gasteiger partial charge in [-0.3, -0.25) is 0 Å². The molecule has 23 heavy (non-hydrogen) atoms. The molecule has 128 valence electrons. The van der Waals surface area contributed by atoms with Crippen molar-refractivity contribution in [3.63, 3.8) is 0 Å². The third-order valence-electron chi connectivity index (χ3n) is 4.63. The van der Waals surface area contributed by atoms with Crippen LogP contribution in [0.15, 0.2) is 12.1 Å². The van der Waals surface area contributed by atoms with Gasteiger partial charge in [-0.05, 0) is 44.2 Å². The molecule has 0 bridgehead atoms. The molecule has 0 spiro atoms. The lowest BCUT2D eigenvalue weighted by Crippen LogP contribution is -2.31. The van der Waals surface area contributed by atoms with E-state index >= 15 is 0 Å². The van der Waals surface area contributed by atoms with Crippen molar-refractivity contribution >= 4 is 11.4 Å². The molecule has 1 aromatic rings. The number of nitrogens with two attached hydrogens (primary N) is 1. The highest BCUT2D eigenvalue weighted by Gasteiger charge is 2.41. The summed E-state index contributed by atoms with van der Waals surface area (Å²) in [5, 5.41) is 2.88. The van der Waals surface area contributed by atoms with Crippen molar-refractivity contribution in [1.82, 2.24) is 0 Å². The summed E-state index contributed by atoms with van der Waals surface area (Å²) in [5.74, 6) is -0.750. The molecule has 7 heteroatoms. The largest absolute Gasteiger partial charge is 0.420 e. The minimum atomic E-state index is -4.61. The first kappa shape index (κ1) is 16.4. The molecule has 2 atom stereocenters. The molecule has 1 heterocycles. The monoisotopic (exact) mass is 331 g/mol. The first-order chi connectivity index (χ1) is 10.8. The van der Waals surface area contributed by atoms with E-state index in [-0.39, 0.29) is 29.4 Å². The Bertz CT molecular complexity index is 581. The van der Waals surface area contributed by atoms with E-state index in [4.69, 9.17) is 5.73 Å². The highest BCUT2D eigenvalue weighted by atomic mass is 19.4. The van der Waals surface area contributed by atoms with Crippen LogP contribution in [0.4, 0.5) is 28.9 Å². The Morgan fingerprint density at radius 3 is 2.48 bits per heavy atom. The second-order valence-corrected chi connectivity index (χ2v) is 6.59. The van der Waals surface area contributed by atoms with E-state index in [2.05, 4.69) is 5.32 Å². The number of hydrogen-bond acceptors (Lipinski definition) is 3. The third-order valence-corrected chi connectivity index (χ3v) is 4.63. The van der Waals surface area contributed by atoms with Crippen LogP contribution in [-0.2, 0) is 6.18 Å². The molecule has 2 fully saturated rings. The number of nitrogens with zero attached hydrogens (tertiary/aromatic N) is 1. The lowest BCUT2D eigenvalue weighted by Gasteiger charge is -2.26. The lowest BCUT2D eigenvalue weighted by atomic mass is 10.0. The van der Waals surface area contributed by atoms with Gasteiger partial charge in [0.15, 0.2) is 0 Å². The molecular formula is C16H21F4N3. The average molecular weight is 331 g/mol. The summed E-state index contributed by atoms with van der Waals surface area (Å²) >= 11 is 0. The van der Waals surface area contributed by atoms with Gasteiger partial charge in [-0.25, -0.2) is 4.39 Å². The van der Waals surface area contributed by atoms with Gasteiger partial charge in [-0.15, -0.1) is 0 Å². The summed E-state index contributed by atoms with van der Waals surface area (Å²) in [6.45, 7) is 2.57. The number of anilines is 2. The first-order valence-corrected chi connectivity index (χ1v) is 7.94. The van der Waals surface area contributed by atoms with Crippen molar-refractivity contribution in [2.45, 2.75) is 44.4 Å². The van der Waals surface area contributed by atoms with E-state index < -0.39 is 17.6 Å². The van der Waals surface area contributed by atoms with Crippen molar-refractivity contribution in [1.29, 1.82) is 0 Å². The van der Waals surface area contributed by atoms with Crippen molar-refractivity contribution in [2.24, 2.45) is 11.7 Å². The number of hydrogen-bond donors (Lipinski definition) is 2. The molecule has 0 radical (unpaired) electrons. The number of halogens is 4. The predicted octanol–water partition coefficient (Wildman–Crippen LogP) is 3.59. The van der Waals surface area contributed by atoms with Gasteiger partial charge >= 0.3 is 6.18 Å². The van der Waals surface area contributed by atoms with Crippen LogP contribution in [0.25, 0.3) is 0 Å². The molecule has 1 aliphatic carbocycles. The fraction of sp³-hybridized carbons (Fsp3) is 0.625. The second kappa shape index (κ2) is 5.85. The Balaban J connectivity index is 2.00. The van der Waals surface area contributed by atoms with Gasteiger partial charge in [0.2, 0.25) is 0 Å². The normalized spacial score (nSPS) is 23.2. The Hall–Kier alpha value is -1.50. The summed E-state index contributed by atoms with van der Waals surface area (Å²) in [6, 6.07) is 2.25. The maximum Gasteiger partial charge on any atom is 0.420 e. The van der Waals surface area contributed by atoms with Crippen LogP contribution in [0.5, 0.6) is 0 Å². The summed E-state index contributed by atoms with van der Waals surface area (Å²) < 4.78 is 55.1. The fourth-order valence-corrected chi connectivity index (χ4v) is 3.15. The SMILES string of the molecule is CC(N)C1CCN(c2c(F)ccc(NC3CC3)c2C(F)(F)F)C1. The van der Waals surface area contributed by atoms with E-state index in [9.17, 15) is 17.6 Å². The van der Waals surface area contributed by atoms with E-state index in [1.165, 1.54) is 11.0 Å². The average Bonchev–Trinajstić information content (AvgIpc) is 3.12. The second-order valence-electron chi connectivity index (χ2n) is 6.59. The van der Waals surface area contributed by atoms with Crippen LogP contribution in [0, 0.1) is 11.7 Å². The van der Waals surface area contributed by atoms with Crippen LogP contribution in [0.3, 0.4) is 0 Å². The molecule has 0 aromatic heterocycles. The van der Waals surface area contributed by atoms with Gasteiger partial charge in [-0.2, -0.15) is 13.2 Å². The molecule has 1 saturated heterocycles. The maximum absolute atomic E-state index is 14.3. The molecule has 3 N–H and O–H groups in total. The molecule has 2 unspecified atom stereocenters. The number of alkyl halides is 3. The highest BCUT2D eigenvalue weighted by Crippen LogP contribution is 2.45. The first-order valence-electron chi connectivity index (χ1n) is 7.94. The minimum Gasteiger partial charge on any atom is -0.382 e. The van der Waals surface area contributed by atoms with Gasteiger partial charge in [0.1, 0.15) is 11.4 Å². The summed E-state index contributed by atoms with van der Waals surface area (Å²) in [7, 11) is 0. The van der Waals surface area contributed by atoms with Crippen molar-refractivity contribution in [2.75, 3.05) is 23.3 Å². The quantitative estimate of drug-likeness (QED) is 0.829. The zero-order valence-electron chi connectivity index (χ0n) is 13.0. The van der Waals surface area contributed by atoms with Crippen LogP contribution in [0.1, 0.15) is 31.7 Å². The zero-order valence-corrected chi connectivity index (χ0v) is 13.0. The molecule has 3 rings (SSSR count). The minimum absolute atomic E-state index is 0.0272. The highest BCUT2D eigenvalue weighted by molar-refractivity contribution is 5.69. The van der Waals surface area contributed by atoms with Crippen LogP contribution < -0.4 is 16.0 Å². The molecule has 1 saturated carbocycles. The third kappa shape index (κ3) is 3.39. The fourth-order valence-electron chi connectivity index (χ4n) is 3.15. The Morgan fingerprint density at radius 2 is 1.96 bits per heavy atom. The van der Waals surface area contributed by atoms with Crippen LogP contribution >= 0.6 is 0 Å². The lowest BCUT2D eigenvalue weighted by molar-refractivity contribution is -0.136. The zero-order chi connectivity index (χ0) is 16.8. The molecule has 1 aliphatic heterocycles. The van der Waals surface area contributed by atoms with E-state index in [0.717, 1.165) is 18.9 Å². The van der Waals surface area contributed by atoms with Crippen LogP contribution in [-0.4, -0.2) is 25.2 Å². The smallest absolute Gasteiger partial charge is 0.382 e. The van der Waals surface area contributed by atoms with Gasteiger partial charge in [0, 0.05) is 30.9 Å². The Morgan fingerprint density at radius 1 is 1.26 bits per heavy atom. The molecule has 2 aliphatic rings. The van der Waals surface area contributed by atoms with Gasteiger partial charge in [0.05, 0.1) is 5.69 Å². The molecular weight excluding hydrogens is 310 g/mol. The number of rotatable bonds is 4. The summed E-state index contributed by atoms with van der Waals surface area (Å²) in [4.78, 5) is 1.49. The summed E-state index contributed by atoms with van der Waals surface area (Å²) in [6.07, 6.45) is -2.24. The predicted molar refractivity (Wildman–Crippen MR) is 82.0 cm³/mol. The summed E-state index contributed by atoms with van der Waals surface area (Å²) in [5.41, 5.74) is 4.59. The maximum atomic E-state index is 14.3. The molecule has 0 amide bonds. The van der Waals surface area contributed by atoms with Gasteiger partial charge in [0.25, 0.3) is 0 Å². The topological polar surface area (TPSA) is 41.3 Å². The van der Waals surface area contributed by atoms with Crippen molar-refractivity contribution in [3.8, 4) is 0 Å². The Kier molecular flexibility index (Phi) is 4.16. The number of nitrogens with one attached hydrogen (secondary N) is 1. The molecule has 1 aromatic carbocycles. The van der Waals surface area contributed by atoms with Gasteiger partial charge in [-0.1, -0.05) is 0 Å².